The summed E-state index contributed by atoms with van der Waals surface area (Å²) in [6, 6.07) is 17.7. The van der Waals surface area contributed by atoms with Crippen LogP contribution in [0.4, 0.5) is 5.69 Å². The zero-order valence-corrected chi connectivity index (χ0v) is 14.5. The second-order valence-corrected chi connectivity index (χ2v) is 6.09. The Balaban J connectivity index is 1.64. The maximum Gasteiger partial charge on any atom is 0.338 e. The second kappa shape index (κ2) is 7.55. The zero-order chi connectivity index (χ0) is 17.8. The van der Waals surface area contributed by atoms with Crippen LogP contribution in [0.5, 0.6) is 0 Å². The van der Waals surface area contributed by atoms with Crippen molar-refractivity contribution >= 4 is 51.5 Å². The van der Waals surface area contributed by atoms with Gasteiger partial charge in [0.1, 0.15) is 0 Å². The van der Waals surface area contributed by atoms with Gasteiger partial charge < -0.3 is 10.1 Å². The Kier molecular flexibility index (Phi) is 5.22. The minimum absolute atomic E-state index is 0.229. The molecule has 1 amide bonds. The highest BCUT2D eigenvalue weighted by Gasteiger charge is 2.12. The predicted octanol–water partition coefficient (Wildman–Crippen LogP) is 4.94. The van der Waals surface area contributed by atoms with Crippen molar-refractivity contribution in [1.82, 2.24) is 0 Å². The molecule has 0 fully saturated rings. The lowest BCUT2D eigenvalue weighted by molar-refractivity contribution is -0.119. The molecule has 0 bridgehead atoms. The minimum atomic E-state index is -0.647. The van der Waals surface area contributed by atoms with E-state index in [9.17, 15) is 9.59 Å². The summed E-state index contributed by atoms with van der Waals surface area (Å²) in [4.78, 5) is 24.1. The molecule has 0 heterocycles. The van der Waals surface area contributed by atoms with Gasteiger partial charge in [0.15, 0.2) is 6.61 Å². The molecule has 3 aromatic carbocycles. The number of rotatable bonds is 4. The molecule has 126 valence electrons. The van der Waals surface area contributed by atoms with Gasteiger partial charge in [0.2, 0.25) is 0 Å². The van der Waals surface area contributed by atoms with Crippen molar-refractivity contribution in [2.45, 2.75) is 0 Å². The van der Waals surface area contributed by atoms with Crippen LogP contribution in [0, 0.1) is 0 Å². The second-order valence-electron chi connectivity index (χ2n) is 5.28. The van der Waals surface area contributed by atoms with Crippen LogP contribution in [0.2, 0.25) is 10.0 Å². The molecule has 0 saturated carbocycles. The van der Waals surface area contributed by atoms with Crippen molar-refractivity contribution in [3.05, 3.63) is 76.3 Å². The van der Waals surface area contributed by atoms with Gasteiger partial charge in [-0.15, -0.1) is 0 Å². The first-order valence-corrected chi connectivity index (χ1v) is 8.20. The van der Waals surface area contributed by atoms with Gasteiger partial charge in [0.25, 0.3) is 5.91 Å². The van der Waals surface area contributed by atoms with Gasteiger partial charge in [-0.3, -0.25) is 4.79 Å². The van der Waals surface area contributed by atoms with E-state index in [2.05, 4.69) is 5.32 Å². The molecule has 3 aromatic rings. The maximum absolute atomic E-state index is 12.1. The fourth-order valence-electron chi connectivity index (χ4n) is 2.36. The van der Waals surface area contributed by atoms with Crippen molar-refractivity contribution < 1.29 is 14.3 Å². The summed E-state index contributed by atoms with van der Waals surface area (Å²) in [5.74, 6) is -1.07. The lowest BCUT2D eigenvalue weighted by Gasteiger charge is -2.09. The SMILES string of the molecule is O=C(COC(=O)c1ccc(Cl)c(Cl)c1)Nc1cccc2ccccc12. The number of carbonyl (C=O) groups is 2. The highest BCUT2D eigenvalue weighted by Crippen LogP contribution is 2.24. The summed E-state index contributed by atoms with van der Waals surface area (Å²) in [6.45, 7) is -0.400. The Morgan fingerprint density at radius 3 is 2.48 bits per heavy atom. The van der Waals surface area contributed by atoms with Crippen LogP contribution in [0.1, 0.15) is 10.4 Å². The highest BCUT2D eigenvalue weighted by molar-refractivity contribution is 6.42. The summed E-state index contributed by atoms with van der Waals surface area (Å²) in [6.07, 6.45) is 0. The van der Waals surface area contributed by atoms with E-state index < -0.39 is 18.5 Å². The van der Waals surface area contributed by atoms with E-state index in [-0.39, 0.29) is 10.6 Å². The Bertz CT molecular complexity index is 951. The molecule has 0 aromatic heterocycles. The quantitative estimate of drug-likeness (QED) is 0.658. The Hall–Kier alpha value is -2.56. The number of amides is 1. The van der Waals surface area contributed by atoms with Crippen molar-refractivity contribution in [3.8, 4) is 0 Å². The number of halogens is 2. The summed E-state index contributed by atoms with van der Waals surface area (Å²) in [7, 11) is 0. The molecular formula is C19H13Cl2NO3. The number of ether oxygens (including phenoxy) is 1. The highest BCUT2D eigenvalue weighted by atomic mass is 35.5. The molecule has 0 saturated heterocycles. The summed E-state index contributed by atoms with van der Waals surface area (Å²) in [5, 5.41) is 5.25. The molecule has 25 heavy (non-hydrogen) atoms. The molecule has 0 radical (unpaired) electrons. The van der Waals surface area contributed by atoms with E-state index in [1.807, 2.05) is 36.4 Å². The average molecular weight is 374 g/mol. The van der Waals surface area contributed by atoms with E-state index in [4.69, 9.17) is 27.9 Å². The molecular weight excluding hydrogens is 361 g/mol. The fourth-order valence-corrected chi connectivity index (χ4v) is 2.66. The number of carbonyl (C=O) groups excluding carboxylic acids is 2. The first kappa shape index (κ1) is 17.3. The third-order valence-electron chi connectivity index (χ3n) is 3.55. The van der Waals surface area contributed by atoms with Crippen molar-refractivity contribution in [3.63, 3.8) is 0 Å². The summed E-state index contributed by atoms with van der Waals surface area (Å²) < 4.78 is 5.02. The molecule has 1 N–H and O–H groups in total. The molecule has 4 nitrogen and oxygen atoms in total. The average Bonchev–Trinajstić information content (AvgIpc) is 2.62. The lowest BCUT2D eigenvalue weighted by Crippen LogP contribution is -2.21. The third-order valence-corrected chi connectivity index (χ3v) is 4.29. The van der Waals surface area contributed by atoms with Crippen molar-refractivity contribution in [2.75, 3.05) is 11.9 Å². The topological polar surface area (TPSA) is 55.4 Å². The van der Waals surface area contributed by atoms with Gasteiger partial charge in [-0.1, -0.05) is 59.6 Å². The number of nitrogens with one attached hydrogen (secondary N) is 1. The first-order valence-electron chi connectivity index (χ1n) is 7.44. The van der Waals surface area contributed by atoms with Gasteiger partial charge in [-0.05, 0) is 29.7 Å². The molecule has 6 heteroatoms. The van der Waals surface area contributed by atoms with E-state index >= 15 is 0 Å². The van der Waals surface area contributed by atoms with Gasteiger partial charge in [0.05, 0.1) is 15.6 Å². The normalized spacial score (nSPS) is 10.5. The summed E-state index contributed by atoms with van der Waals surface area (Å²) >= 11 is 11.7. The molecule has 0 aliphatic carbocycles. The van der Waals surface area contributed by atoms with Crippen LogP contribution in [-0.4, -0.2) is 18.5 Å². The number of hydrogen-bond donors (Lipinski definition) is 1. The van der Waals surface area contributed by atoms with Crippen LogP contribution in [-0.2, 0) is 9.53 Å². The molecule has 0 aliphatic heterocycles. The number of benzene rings is 3. The van der Waals surface area contributed by atoms with Crippen LogP contribution in [0.3, 0.4) is 0 Å². The third kappa shape index (κ3) is 4.10. The smallest absolute Gasteiger partial charge is 0.338 e. The Morgan fingerprint density at radius 1 is 0.920 bits per heavy atom. The largest absolute Gasteiger partial charge is 0.452 e. The van der Waals surface area contributed by atoms with E-state index in [1.54, 1.807) is 6.07 Å². The first-order chi connectivity index (χ1) is 12.0. The van der Waals surface area contributed by atoms with Crippen LogP contribution in [0.15, 0.2) is 60.7 Å². The van der Waals surface area contributed by atoms with Crippen LogP contribution in [0.25, 0.3) is 10.8 Å². The molecule has 0 spiro atoms. The van der Waals surface area contributed by atoms with Gasteiger partial charge in [-0.2, -0.15) is 0 Å². The number of esters is 1. The fraction of sp³-hybridized carbons (Fsp3) is 0.0526. The predicted molar refractivity (Wildman–Crippen MR) is 99.3 cm³/mol. The van der Waals surface area contributed by atoms with Gasteiger partial charge in [-0.25, -0.2) is 4.79 Å². The molecule has 0 unspecified atom stereocenters. The van der Waals surface area contributed by atoms with Gasteiger partial charge >= 0.3 is 5.97 Å². The van der Waals surface area contributed by atoms with Crippen molar-refractivity contribution in [1.29, 1.82) is 0 Å². The van der Waals surface area contributed by atoms with E-state index in [0.717, 1.165) is 10.8 Å². The Morgan fingerprint density at radius 2 is 1.68 bits per heavy atom. The lowest BCUT2D eigenvalue weighted by atomic mass is 10.1. The van der Waals surface area contributed by atoms with Gasteiger partial charge in [0, 0.05) is 11.1 Å². The zero-order valence-electron chi connectivity index (χ0n) is 13.0. The monoisotopic (exact) mass is 373 g/mol. The van der Waals surface area contributed by atoms with Crippen molar-refractivity contribution in [2.24, 2.45) is 0 Å². The summed E-state index contributed by atoms with van der Waals surface area (Å²) in [5.41, 5.74) is 0.890. The Labute approximate surface area is 154 Å². The molecule has 0 aliphatic rings. The van der Waals surface area contributed by atoms with Crippen LogP contribution < -0.4 is 5.32 Å². The maximum atomic E-state index is 12.1. The number of anilines is 1. The number of hydrogen-bond acceptors (Lipinski definition) is 3. The number of fused-ring (bicyclic) bond motifs is 1. The van der Waals surface area contributed by atoms with E-state index in [0.29, 0.717) is 10.7 Å². The molecule has 0 atom stereocenters. The minimum Gasteiger partial charge on any atom is -0.452 e. The van der Waals surface area contributed by atoms with Crippen LogP contribution >= 0.6 is 23.2 Å². The van der Waals surface area contributed by atoms with E-state index in [1.165, 1.54) is 18.2 Å². The standard InChI is InChI=1S/C19H13Cl2NO3/c20-15-9-8-13(10-16(15)21)19(24)25-11-18(23)22-17-7-3-5-12-4-1-2-6-14(12)17/h1-10H,11H2,(H,22,23). The molecule has 3 rings (SSSR count).